The maximum Gasteiger partial charge on any atom is 0.491 e. The SMILES string of the molecule is CN1C(=O)C(c2ccccc2)N(C(CC(=O)OC(=O)C(F)(F)F)c2ccccc2)C(=O)c2cc(C#CC(S)CN=C(N)N)ccc21. The maximum absolute atomic E-state index is 14.6. The third-order valence-electron chi connectivity index (χ3n) is 6.93. The second-order valence-corrected chi connectivity index (χ2v) is 10.7. The number of guanidine groups is 1. The van der Waals surface area contributed by atoms with Crippen LogP contribution in [0.3, 0.4) is 0 Å². The Morgan fingerprint density at radius 1 is 1.02 bits per heavy atom. The third kappa shape index (κ3) is 7.86. The van der Waals surface area contributed by atoms with E-state index < -0.39 is 53.7 Å². The predicted octanol–water partition coefficient (Wildman–Crippen LogP) is 3.53. The molecule has 0 aromatic heterocycles. The summed E-state index contributed by atoms with van der Waals surface area (Å²) in [5.41, 5.74) is 12.0. The molecule has 0 saturated carbocycles. The quantitative estimate of drug-likeness (QED) is 0.0884. The monoisotopic (exact) mass is 651 g/mol. The number of aliphatic imine (C=N–C) groups is 1. The lowest BCUT2D eigenvalue weighted by atomic mass is 9.95. The lowest BCUT2D eigenvalue weighted by molar-refractivity contribution is -0.202. The Morgan fingerprint density at radius 2 is 1.65 bits per heavy atom. The van der Waals surface area contributed by atoms with E-state index in [1.165, 1.54) is 24.1 Å². The van der Waals surface area contributed by atoms with Gasteiger partial charge in [-0.25, -0.2) is 4.79 Å². The Morgan fingerprint density at radius 3 is 2.26 bits per heavy atom. The maximum atomic E-state index is 14.6. The molecule has 0 aliphatic carbocycles. The summed E-state index contributed by atoms with van der Waals surface area (Å²) in [5, 5.41) is -0.548. The predicted molar refractivity (Wildman–Crippen MR) is 166 cm³/mol. The molecule has 1 heterocycles. The summed E-state index contributed by atoms with van der Waals surface area (Å²) >= 11 is 4.34. The van der Waals surface area contributed by atoms with E-state index in [9.17, 15) is 32.3 Å². The average Bonchev–Trinajstić information content (AvgIpc) is 3.10. The van der Waals surface area contributed by atoms with Crippen molar-refractivity contribution in [1.82, 2.24) is 4.90 Å². The minimum atomic E-state index is -5.42. The van der Waals surface area contributed by atoms with Gasteiger partial charge in [0.1, 0.15) is 6.04 Å². The first-order valence-corrected chi connectivity index (χ1v) is 14.2. The van der Waals surface area contributed by atoms with Gasteiger partial charge in [0, 0.05) is 12.6 Å². The Balaban J connectivity index is 1.87. The van der Waals surface area contributed by atoms with Gasteiger partial charge in [0.2, 0.25) is 0 Å². The molecule has 3 atom stereocenters. The molecule has 0 spiro atoms. The lowest BCUT2D eigenvalue weighted by Crippen LogP contribution is -2.44. The van der Waals surface area contributed by atoms with Crippen molar-refractivity contribution in [2.75, 3.05) is 18.5 Å². The molecule has 4 rings (SSSR count). The smallest absolute Gasteiger partial charge is 0.386 e. The highest BCUT2D eigenvalue weighted by Gasteiger charge is 2.46. The van der Waals surface area contributed by atoms with Crippen molar-refractivity contribution in [3.8, 4) is 11.8 Å². The van der Waals surface area contributed by atoms with Crippen LogP contribution >= 0.6 is 12.6 Å². The Kier molecular flexibility index (Phi) is 10.4. The topological polar surface area (TPSA) is 148 Å². The number of nitrogens with two attached hydrogens (primary N) is 2. The van der Waals surface area contributed by atoms with Crippen LogP contribution in [0.2, 0.25) is 0 Å². The highest BCUT2D eigenvalue weighted by molar-refractivity contribution is 7.81. The number of thiol groups is 1. The van der Waals surface area contributed by atoms with E-state index in [0.717, 1.165) is 4.90 Å². The van der Waals surface area contributed by atoms with Gasteiger partial charge in [0.25, 0.3) is 11.8 Å². The molecule has 0 fully saturated rings. The number of carbonyl (C=O) groups excluding carboxylic acids is 4. The molecular formula is C32H28F3N5O5S. The fourth-order valence-corrected chi connectivity index (χ4v) is 4.98. The molecule has 10 nitrogen and oxygen atoms in total. The zero-order chi connectivity index (χ0) is 33.6. The van der Waals surface area contributed by atoms with E-state index >= 15 is 0 Å². The number of esters is 2. The Labute approximate surface area is 267 Å². The summed E-state index contributed by atoms with van der Waals surface area (Å²) in [6.45, 7) is 0.109. The van der Waals surface area contributed by atoms with Gasteiger partial charge in [-0.3, -0.25) is 19.4 Å². The second-order valence-electron chi connectivity index (χ2n) is 10.1. The summed E-state index contributed by atoms with van der Waals surface area (Å²) in [4.78, 5) is 59.4. The molecule has 1 aliphatic rings. The van der Waals surface area contributed by atoms with Crippen molar-refractivity contribution in [2.45, 2.75) is 29.9 Å². The van der Waals surface area contributed by atoms with E-state index in [1.54, 1.807) is 66.7 Å². The number of benzene rings is 3. The van der Waals surface area contributed by atoms with Crippen LogP contribution < -0.4 is 16.4 Å². The van der Waals surface area contributed by atoms with E-state index in [0.29, 0.717) is 16.7 Å². The number of carbonyl (C=O) groups is 4. The van der Waals surface area contributed by atoms with Gasteiger partial charge in [-0.15, -0.1) is 0 Å². The standard InChI is InChI=1S/C32H28F3N5O5S/c1-39-24-15-13-19(12-14-22(46)18-38-31(36)37)16-23(24)28(42)40(27(29(39)43)21-10-6-3-7-11-21)25(20-8-4-2-5-9-20)17-26(41)45-30(44)32(33,34)35/h2-11,13,15-16,22,25,27,46H,17-18H2,1H3,(H4,36,37,38). The van der Waals surface area contributed by atoms with Gasteiger partial charge < -0.3 is 26.0 Å². The van der Waals surface area contributed by atoms with Crippen LogP contribution in [0.5, 0.6) is 0 Å². The van der Waals surface area contributed by atoms with Crippen LogP contribution in [-0.2, 0) is 19.1 Å². The minimum Gasteiger partial charge on any atom is -0.386 e. The normalized spacial score (nSPS) is 15.9. The highest BCUT2D eigenvalue weighted by atomic mass is 32.1. The highest BCUT2D eigenvalue weighted by Crippen LogP contribution is 2.41. The number of anilines is 1. The number of alkyl halides is 3. The first kappa shape index (κ1) is 33.6. The number of hydrogen-bond acceptors (Lipinski definition) is 7. The number of halogens is 3. The first-order chi connectivity index (χ1) is 21.8. The zero-order valence-corrected chi connectivity index (χ0v) is 25.2. The van der Waals surface area contributed by atoms with E-state index in [1.807, 2.05) is 0 Å². The number of ether oxygens (including phenoxy) is 1. The van der Waals surface area contributed by atoms with E-state index in [-0.39, 0.29) is 23.8 Å². The fourth-order valence-electron chi connectivity index (χ4n) is 4.83. The summed E-state index contributed by atoms with van der Waals surface area (Å²) in [6.07, 6.45) is -6.30. The van der Waals surface area contributed by atoms with Crippen molar-refractivity contribution >= 4 is 48.0 Å². The molecule has 0 bridgehead atoms. The summed E-state index contributed by atoms with van der Waals surface area (Å²) in [6, 6.07) is 18.1. The molecule has 14 heteroatoms. The molecular weight excluding hydrogens is 623 g/mol. The van der Waals surface area contributed by atoms with Gasteiger partial charge in [-0.05, 0) is 29.3 Å². The average molecular weight is 652 g/mol. The van der Waals surface area contributed by atoms with Crippen LogP contribution in [0.15, 0.2) is 83.9 Å². The van der Waals surface area contributed by atoms with Crippen LogP contribution in [0.1, 0.15) is 45.6 Å². The number of likely N-dealkylation sites (N-methyl/N-ethyl adjacent to an activating group) is 1. The van der Waals surface area contributed by atoms with Crippen molar-refractivity contribution < 1.29 is 37.1 Å². The summed E-state index contributed by atoms with van der Waals surface area (Å²) in [5.74, 6) is 0.116. The number of hydrogen-bond donors (Lipinski definition) is 3. The van der Waals surface area contributed by atoms with Crippen molar-refractivity contribution in [1.29, 1.82) is 0 Å². The number of nitrogens with zero attached hydrogens (tertiary/aromatic N) is 3. The number of rotatable bonds is 7. The number of amides is 2. The van der Waals surface area contributed by atoms with Crippen molar-refractivity contribution in [2.24, 2.45) is 16.5 Å². The number of fused-ring (bicyclic) bond motifs is 1. The molecule has 2 amide bonds. The molecule has 4 N–H and O–H groups in total. The zero-order valence-electron chi connectivity index (χ0n) is 24.3. The third-order valence-corrected chi connectivity index (χ3v) is 7.22. The molecule has 238 valence electrons. The summed E-state index contributed by atoms with van der Waals surface area (Å²) in [7, 11) is 1.48. The lowest BCUT2D eigenvalue weighted by Gasteiger charge is -2.36. The van der Waals surface area contributed by atoms with E-state index in [4.69, 9.17) is 11.5 Å². The molecule has 46 heavy (non-hydrogen) atoms. The molecule has 0 saturated heterocycles. The summed E-state index contributed by atoms with van der Waals surface area (Å²) < 4.78 is 42.9. The molecule has 3 aromatic carbocycles. The Bertz CT molecular complexity index is 1720. The molecule has 3 unspecified atom stereocenters. The fraction of sp³-hybridized carbons (Fsp3) is 0.219. The van der Waals surface area contributed by atoms with Gasteiger partial charge in [0.15, 0.2) is 5.96 Å². The van der Waals surface area contributed by atoms with E-state index in [2.05, 4.69) is 34.2 Å². The van der Waals surface area contributed by atoms with Crippen molar-refractivity contribution in [3.63, 3.8) is 0 Å². The van der Waals surface area contributed by atoms with Crippen LogP contribution in [0.4, 0.5) is 18.9 Å². The van der Waals surface area contributed by atoms with Gasteiger partial charge in [-0.1, -0.05) is 72.5 Å². The second kappa shape index (κ2) is 14.2. The Hall–Kier alpha value is -5.29. The molecule has 3 aromatic rings. The largest absolute Gasteiger partial charge is 0.491 e. The van der Waals surface area contributed by atoms with Gasteiger partial charge >= 0.3 is 18.1 Å². The van der Waals surface area contributed by atoms with Crippen LogP contribution in [0, 0.1) is 11.8 Å². The van der Waals surface area contributed by atoms with Crippen LogP contribution in [-0.4, -0.2) is 59.6 Å². The molecule has 1 aliphatic heterocycles. The van der Waals surface area contributed by atoms with Gasteiger partial charge in [0.05, 0.1) is 35.5 Å². The van der Waals surface area contributed by atoms with Gasteiger partial charge in [-0.2, -0.15) is 25.8 Å². The van der Waals surface area contributed by atoms with Crippen LogP contribution in [0.25, 0.3) is 0 Å². The van der Waals surface area contributed by atoms with Crippen molar-refractivity contribution in [3.05, 3.63) is 101 Å². The minimum absolute atomic E-state index is 0.0293. The first-order valence-electron chi connectivity index (χ1n) is 13.7. The molecule has 0 radical (unpaired) electrons.